The van der Waals surface area contributed by atoms with E-state index in [1.165, 1.54) is 0 Å². The van der Waals surface area contributed by atoms with E-state index < -0.39 is 0 Å². The molecule has 2 rings (SSSR count). The molecule has 0 atom stereocenters. The number of fused-ring (bicyclic) bond motifs is 1. The molecule has 0 aliphatic carbocycles. The number of amides is 1. The summed E-state index contributed by atoms with van der Waals surface area (Å²) in [5, 5.41) is 1.05. The van der Waals surface area contributed by atoms with E-state index in [1.807, 2.05) is 43.1 Å². The molecule has 96 valence electrons. The first kappa shape index (κ1) is 12.7. The molecule has 3 heteroatoms. The molecule has 0 saturated heterocycles. The number of hydrogen-bond acceptors (Lipinski definition) is 1. The standard InChI is InChI=1S/C15H20N2O/c1-4-16(5-2)15(18)13-11-17(6-3)14-10-8-7-9-12(13)14/h7-11H,4-6H2,1-3H3. The van der Waals surface area contributed by atoms with Gasteiger partial charge < -0.3 is 9.47 Å². The van der Waals surface area contributed by atoms with Gasteiger partial charge in [-0.1, -0.05) is 18.2 Å². The number of rotatable bonds is 4. The Balaban J connectivity index is 2.54. The molecule has 0 saturated carbocycles. The molecule has 1 aromatic carbocycles. The molecule has 0 unspecified atom stereocenters. The number of nitrogens with zero attached hydrogens (tertiary/aromatic N) is 2. The van der Waals surface area contributed by atoms with Crippen LogP contribution in [-0.4, -0.2) is 28.5 Å². The molecule has 0 fully saturated rings. The Hall–Kier alpha value is -1.77. The SMILES string of the molecule is CCN(CC)C(=O)c1cn(CC)c2ccccc12. The molecule has 18 heavy (non-hydrogen) atoms. The first-order valence-corrected chi connectivity index (χ1v) is 6.60. The highest BCUT2D eigenvalue weighted by Gasteiger charge is 2.18. The fraction of sp³-hybridized carbons (Fsp3) is 0.400. The summed E-state index contributed by atoms with van der Waals surface area (Å²) < 4.78 is 2.13. The van der Waals surface area contributed by atoms with Crippen molar-refractivity contribution in [2.24, 2.45) is 0 Å². The van der Waals surface area contributed by atoms with Crippen molar-refractivity contribution >= 4 is 16.8 Å². The van der Waals surface area contributed by atoms with Crippen LogP contribution in [0.15, 0.2) is 30.5 Å². The number of aromatic nitrogens is 1. The fourth-order valence-electron chi connectivity index (χ4n) is 2.36. The van der Waals surface area contributed by atoms with Crippen LogP contribution >= 0.6 is 0 Å². The Labute approximate surface area is 108 Å². The van der Waals surface area contributed by atoms with Crippen LogP contribution in [0.25, 0.3) is 10.9 Å². The minimum atomic E-state index is 0.128. The fourth-order valence-corrected chi connectivity index (χ4v) is 2.36. The third-order valence-electron chi connectivity index (χ3n) is 3.41. The summed E-state index contributed by atoms with van der Waals surface area (Å²) in [5.41, 5.74) is 1.95. The molecular formula is C15H20N2O. The second-order valence-electron chi connectivity index (χ2n) is 4.32. The van der Waals surface area contributed by atoms with E-state index in [0.717, 1.165) is 36.1 Å². The highest BCUT2D eigenvalue weighted by atomic mass is 16.2. The van der Waals surface area contributed by atoms with Gasteiger partial charge in [0.1, 0.15) is 0 Å². The van der Waals surface area contributed by atoms with Crippen LogP contribution < -0.4 is 0 Å². The molecule has 1 amide bonds. The Morgan fingerprint density at radius 3 is 2.44 bits per heavy atom. The second-order valence-corrected chi connectivity index (χ2v) is 4.32. The quantitative estimate of drug-likeness (QED) is 0.811. The molecule has 1 heterocycles. The lowest BCUT2D eigenvalue weighted by atomic mass is 10.1. The highest BCUT2D eigenvalue weighted by molar-refractivity contribution is 6.06. The van der Waals surface area contributed by atoms with E-state index in [2.05, 4.69) is 17.6 Å². The summed E-state index contributed by atoms with van der Waals surface area (Å²) >= 11 is 0. The first-order chi connectivity index (χ1) is 8.72. The minimum absolute atomic E-state index is 0.128. The van der Waals surface area contributed by atoms with Crippen LogP contribution in [0.3, 0.4) is 0 Å². The van der Waals surface area contributed by atoms with Gasteiger partial charge in [-0.25, -0.2) is 0 Å². The third kappa shape index (κ3) is 2.01. The molecule has 0 N–H and O–H groups in total. The van der Waals surface area contributed by atoms with Crippen molar-refractivity contribution in [3.63, 3.8) is 0 Å². The van der Waals surface area contributed by atoms with E-state index >= 15 is 0 Å². The van der Waals surface area contributed by atoms with Gasteiger partial charge in [-0.2, -0.15) is 0 Å². The first-order valence-electron chi connectivity index (χ1n) is 6.60. The second kappa shape index (κ2) is 5.25. The van der Waals surface area contributed by atoms with Gasteiger partial charge >= 0.3 is 0 Å². The molecule has 0 aliphatic heterocycles. The summed E-state index contributed by atoms with van der Waals surface area (Å²) in [6.07, 6.45) is 1.98. The highest BCUT2D eigenvalue weighted by Crippen LogP contribution is 2.22. The van der Waals surface area contributed by atoms with Crippen molar-refractivity contribution < 1.29 is 4.79 Å². The van der Waals surface area contributed by atoms with Crippen molar-refractivity contribution in [1.82, 2.24) is 9.47 Å². The lowest BCUT2D eigenvalue weighted by molar-refractivity contribution is 0.0774. The van der Waals surface area contributed by atoms with Crippen molar-refractivity contribution in [2.45, 2.75) is 27.3 Å². The zero-order valence-electron chi connectivity index (χ0n) is 11.3. The van der Waals surface area contributed by atoms with E-state index in [-0.39, 0.29) is 5.91 Å². The zero-order valence-corrected chi connectivity index (χ0v) is 11.3. The largest absolute Gasteiger partial charge is 0.347 e. The molecule has 0 aliphatic rings. The number of benzene rings is 1. The molecule has 2 aromatic rings. The summed E-state index contributed by atoms with van der Waals surface area (Å²) in [7, 11) is 0. The van der Waals surface area contributed by atoms with Gasteiger partial charge in [0.25, 0.3) is 5.91 Å². The van der Waals surface area contributed by atoms with Gasteiger partial charge in [0.2, 0.25) is 0 Å². The Morgan fingerprint density at radius 1 is 1.17 bits per heavy atom. The number of carbonyl (C=O) groups excluding carboxylic acids is 1. The summed E-state index contributed by atoms with van der Waals surface area (Å²) in [5.74, 6) is 0.128. The monoisotopic (exact) mass is 244 g/mol. The van der Waals surface area contributed by atoms with Crippen molar-refractivity contribution in [3.8, 4) is 0 Å². The molecule has 1 aromatic heterocycles. The predicted octanol–water partition coefficient (Wildman–Crippen LogP) is 3.14. The van der Waals surface area contributed by atoms with Gasteiger partial charge in [-0.05, 0) is 26.8 Å². The van der Waals surface area contributed by atoms with Gasteiger partial charge in [0, 0.05) is 36.7 Å². The van der Waals surface area contributed by atoms with Crippen molar-refractivity contribution in [1.29, 1.82) is 0 Å². The topological polar surface area (TPSA) is 25.2 Å². The van der Waals surface area contributed by atoms with Gasteiger partial charge in [0.05, 0.1) is 5.56 Å². The van der Waals surface area contributed by atoms with Crippen LogP contribution in [0.2, 0.25) is 0 Å². The molecule has 0 bridgehead atoms. The number of carbonyl (C=O) groups is 1. The minimum Gasteiger partial charge on any atom is -0.347 e. The van der Waals surface area contributed by atoms with Crippen LogP contribution in [0.1, 0.15) is 31.1 Å². The predicted molar refractivity (Wildman–Crippen MR) is 74.9 cm³/mol. The van der Waals surface area contributed by atoms with Crippen molar-refractivity contribution in [2.75, 3.05) is 13.1 Å². The van der Waals surface area contributed by atoms with E-state index in [9.17, 15) is 4.79 Å². The summed E-state index contributed by atoms with van der Waals surface area (Å²) in [4.78, 5) is 14.3. The Bertz CT molecular complexity index is 553. The number of aryl methyl sites for hydroxylation is 1. The van der Waals surface area contributed by atoms with E-state index in [4.69, 9.17) is 0 Å². The third-order valence-corrected chi connectivity index (χ3v) is 3.41. The van der Waals surface area contributed by atoms with Crippen molar-refractivity contribution in [3.05, 3.63) is 36.0 Å². The summed E-state index contributed by atoms with van der Waals surface area (Å²) in [6.45, 7) is 8.51. The maximum absolute atomic E-state index is 12.5. The average Bonchev–Trinajstić information content (AvgIpc) is 2.78. The maximum atomic E-state index is 12.5. The smallest absolute Gasteiger partial charge is 0.256 e. The van der Waals surface area contributed by atoms with Gasteiger partial charge in [-0.15, -0.1) is 0 Å². The van der Waals surface area contributed by atoms with Crippen LogP contribution in [0.4, 0.5) is 0 Å². The lowest BCUT2D eigenvalue weighted by Gasteiger charge is -2.17. The maximum Gasteiger partial charge on any atom is 0.256 e. The van der Waals surface area contributed by atoms with Crippen LogP contribution in [0.5, 0.6) is 0 Å². The average molecular weight is 244 g/mol. The van der Waals surface area contributed by atoms with Crippen LogP contribution in [0, 0.1) is 0 Å². The van der Waals surface area contributed by atoms with Gasteiger partial charge in [0.15, 0.2) is 0 Å². The van der Waals surface area contributed by atoms with Gasteiger partial charge in [-0.3, -0.25) is 4.79 Å². The zero-order chi connectivity index (χ0) is 13.1. The Kier molecular flexibility index (Phi) is 3.70. The lowest BCUT2D eigenvalue weighted by Crippen LogP contribution is -2.30. The Morgan fingerprint density at radius 2 is 1.83 bits per heavy atom. The number of hydrogen-bond donors (Lipinski definition) is 0. The molecular weight excluding hydrogens is 224 g/mol. The summed E-state index contributed by atoms with van der Waals surface area (Å²) in [6, 6.07) is 8.09. The molecule has 3 nitrogen and oxygen atoms in total. The molecule has 0 spiro atoms. The molecule has 0 radical (unpaired) electrons. The number of para-hydroxylation sites is 1. The van der Waals surface area contributed by atoms with Crippen LogP contribution in [-0.2, 0) is 6.54 Å². The normalized spacial score (nSPS) is 10.8. The van der Waals surface area contributed by atoms with E-state index in [1.54, 1.807) is 0 Å². The van der Waals surface area contributed by atoms with E-state index in [0.29, 0.717) is 0 Å².